The van der Waals surface area contributed by atoms with Gasteiger partial charge in [0.1, 0.15) is 0 Å². The largest absolute Gasteiger partial charge is 0.715 e. The van der Waals surface area contributed by atoms with Crippen LogP contribution < -0.4 is 29.5 Å². The molecule has 0 bridgehead atoms. The maximum atomic E-state index is 14.1. The highest BCUT2D eigenvalue weighted by Gasteiger charge is 2.52. The topological polar surface area (TPSA) is 238 Å². The van der Waals surface area contributed by atoms with Crippen molar-refractivity contribution in [1.29, 1.82) is 0 Å². The lowest BCUT2D eigenvalue weighted by Crippen LogP contribution is -2.25. The number of carbonyl (C=O) groups is 3. The Kier molecular flexibility index (Phi) is 18.5. The van der Waals surface area contributed by atoms with Gasteiger partial charge in [-0.3, -0.25) is 14.4 Å². The number of amides is 3. The average Bonchev–Trinajstić information content (AvgIpc) is 3.48. The van der Waals surface area contributed by atoms with Crippen molar-refractivity contribution in [1.82, 2.24) is 0 Å². The van der Waals surface area contributed by atoms with Crippen LogP contribution in [0.4, 0.5) is 17.1 Å². The summed E-state index contributed by atoms with van der Waals surface area (Å²) >= 11 is 19.4. The molecule has 16 nitrogen and oxygen atoms in total. The number of benzene rings is 6. The van der Waals surface area contributed by atoms with E-state index in [4.69, 9.17) is 48.4 Å². The highest BCUT2D eigenvalue weighted by molar-refractivity contribution is 7.92. The maximum Gasteiger partial charge on any atom is 0.715 e. The monoisotopic (exact) mass is 1220 g/mol. The summed E-state index contributed by atoms with van der Waals surface area (Å²) in [7, 11) is -16.7. The molecule has 3 fully saturated rings. The third-order valence-corrected chi connectivity index (χ3v) is 24.0. The van der Waals surface area contributed by atoms with Crippen molar-refractivity contribution in [3.63, 3.8) is 0 Å². The lowest BCUT2D eigenvalue weighted by atomic mass is 10.0. The number of rotatable bonds is 18. The van der Waals surface area contributed by atoms with Gasteiger partial charge in [-0.15, -0.1) is 4.89 Å². The lowest BCUT2D eigenvalue weighted by Gasteiger charge is -2.22. The van der Waals surface area contributed by atoms with Crippen LogP contribution in [0.5, 0.6) is 17.2 Å². The van der Waals surface area contributed by atoms with Crippen LogP contribution in [0.1, 0.15) is 127 Å². The van der Waals surface area contributed by atoms with E-state index in [9.17, 15) is 44.5 Å². The third kappa shape index (κ3) is 13.4. The second kappa shape index (κ2) is 25.2. The first-order chi connectivity index (χ1) is 38.2. The van der Waals surface area contributed by atoms with E-state index in [0.29, 0.717) is 38.5 Å². The minimum atomic E-state index is -4.96. The van der Waals surface area contributed by atoms with Crippen molar-refractivity contribution < 1.29 is 58.1 Å². The number of halogens is 3. The van der Waals surface area contributed by atoms with Crippen LogP contribution in [0, 0.1) is 0 Å². The summed E-state index contributed by atoms with van der Waals surface area (Å²) in [5, 5.41) is 6.10. The first kappa shape index (κ1) is 58.9. The van der Waals surface area contributed by atoms with Gasteiger partial charge in [0.2, 0.25) is 17.2 Å². The fourth-order valence-electron chi connectivity index (χ4n) is 10.2. The van der Waals surface area contributed by atoms with E-state index >= 15 is 0 Å². The quantitative estimate of drug-likeness (QED) is 0.0587. The van der Waals surface area contributed by atoms with Crippen LogP contribution >= 0.6 is 43.0 Å². The molecule has 6 aromatic rings. The van der Waals surface area contributed by atoms with Gasteiger partial charge < -0.3 is 16.0 Å². The third-order valence-electron chi connectivity index (χ3n) is 14.5. The summed E-state index contributed by atoms with van der Waals surface area (Å²) in [4.78, 5) is 54.5. The molecule has 3 aliphatic carbocycles. The highest BCUT2D eigenvalue weighted by atomic mass is 35.5. The lowest BCUT2D eigenvalue weighted by molar-refractivity contribution is 0.101. The van der Waals surface area contributed by atoms with Gasteiger partial charge in [0.25, 0.3) is 17.7 Å². The van der Waals surface area contributed by atoms with E-state index in [1.807, 2.05) is 0 Å². The number of hydrogen-bond acceptors (Lipinski definition) is 13. The van der Waals surface area contributed by atoms with E-state index in [0.717, 1.165) is 57.8 Å². The number of hydrogen-bond donors (Lipinski definition) is 4. The van der Waals surface area contributed by atoms with Crippen molar-refractivity contribution >= 4 is 107 Å². The summed E-state index contributed by atoms with van der Waals surface area (Å²) in [5.41, 5.74) is -0.276. The molecule has 9 rings (SSSR count). The second-order valence-corrected chi connectivity index (χ2v) is 29.2. The van der Waals surface area contributed by atoms with Crippen molar-refractivity contribution in [2.75, 3.05) is 16.0 Å². The van der Waals surface area contributed by atoms with Gasteiger partial charge in [-0.2, -0.15) is 0 Å². The van der Waals surface area contributed by atoms with Crippen LogP contribution in [-0.2, 0) is 29.5 Å². The second-order valence-electron chi connectivity index (χ2n) is 19.9. The van der Waals surface area contributed by atoms with Gasteiger partial charge in [-0.25, -0.2) is 38.8 Å². The molecule has 23 heteroatoms. The van der Waals surface area contributed by atoms with Crippen molar-refractivity contribution in [3.05, 3.63) is 159 Å². The molecule has 0 heterocycles. The Morgan fingerprint density at radius 1 is 0.400 bits per heavy atom. The molecular weight excluding hydrogens is 1170 g/mol. The number of para-hydroxylation sites is 6. The Balaban J connectivity index is 1.03. The van der Waals surface area contributed by atoms with E-state index in [-0.39, 0.29) is 80.8 Å². The van der Waals surface area contributed by atoms with E-state index < -0.39 is 71.2 Å². The van der Waals surface area contributed by atoms with Crippen LogP contribution in [-0.4, -0.2) is 63.6 Å². The van der Waals surface area contributed by atoms with Gasteiger partial charge in [0, 0.05) is 16.7 Å². The van der Waals surface area contributed by atoms with Crippen LogP contribution in [0.3, 0.4) is 0 Å². The summed E-state index contributed by atoms with van der Waals surface area (Å²) in [6.45, 7) is 0. The molecule has 3 saturated carbocycles. The van der Waals surface area contributed by atoms with Crippen LogP contribution in [0.2, 0.25) is 15.1 Å². The van der Waals surface area contributed by atoms with Gasteiger partial charge in [-0.05, 0) is 130 Å². The average molecular weight is 1230 g/mol. The smallest absolute Gasteiger partial charge is 0.319 e. The standard InChI is InChI=1S/C57H57Cl3N3O13PS3/c58-43-31-28-37(34-52(43)78(68,69)40-16-4-1-5-17-40)55(64)61-46-22-10-13-25-49(46)74-77(67,75-50-26-14-11-23-47(50)62-56(65)38-29-32-44(59)53(35-38)79(70,71)41-18-6-2-7-19-41)76-51-27-15-12-24-48(51)63-57(66)39-30-33-45(60)54(36-39)80(72,73)42-20-8-3-9-21-42/h10-15,22-36,40-42,67H,1-9,16-21H2,(H2-,61,62,63,64,65,66)/p+1. The van der Waals surface area contributed by atoms with Crippen molar-refractivity contribution in [2.24, 2.45) is 0 Å². The molecule has 0 spiro atoms. The molecule has 0 aromatic heterocycles. The first-order valence-electron chi connectivity index (χ1n) is 26.3. The Morgan fingerprint density at radius 3 is 0.912 bits per heavy atom. The van der Waals surface area contributed by atoms with E-state index in [2.05, 4.69) is 16.0 Å². The molecular formula is C57H58Cl3N3O13PS3+. The normalized spacial score (nSPS) is 16.1. The molecule has 0 radical (unpaired) electrons. The first-order valence-corrected chi connectivity index (χ1v) is 33.5. The molecule has 422 valence electrons. The van der Waals surface area contributed by atoms with Gasteiger partial charge >= 0.3 is 8.17 Å². The molecule has 80 heavy (non-hydrogen) atoms. The van der Waals surface area contributed by atoms with Gasteiger partial charge in [-0.1, -0.05) is 129 Å². The molecule has 3 amide bonds. The maximum absolute atomic E-state index is 14.1. The predicted molar refractivity (Wildman–Crippen MR) is 311 cm³/mol. The summed E-state index contributed by atoms with van der Waals surface area (Å²) in [6, 6.07) is 29.5. The number of sulfone groups is 3. The molecule has 0 unspecified atom stereocenters. The summed E-state index contributed by atoms with van der Waals surface area (Å²) in [6.07, 6.45) is 10.1. The Bertz CT molecular complexity index is 3290. The van der Waals surface area contributed by atoms with Gasteiger partial charge in [0.15, 0.2) is 29.5 Å². The molecule has 0 aliphatic heterocycles. The Morgan fingerprint density at radius 2 is 0.650 bits per heavy atom. The molecule has 4 N–H and O–H groups in total. The number of nitrogens with one attached hydrogen (secondary N) is 3. The Hall–Kier alpha value is -5.76. The van der Waals surface area contributed by atoms with Gasteiger partial charge in [0.05, 0.1) is 62.6 Å². The Labute approximate surface area is 481 Å². The number of anilines is 3. The van der Waals surface area contributed by atoms with Crippen molar-refractivity contribution in [3.8, 4) is 17.2 Å². The van der Waals surface area contributed by atoms with Crippen molar-refractivity contribution in [2.45, 2.75) is 127 Å². The fourth-order valence-corrected chi connectivity index (χ4v) is 18.7. The molecule has 3 aliphatic rings. The minimum Gasteiger partial charge on any atom is -0.319 e. The fraction of sp³-hybridized carbons (Fsp3) is 0.316. The molecule has 0 saturated heterocycles. The molecule has 0 atom stereocenters. The predicted octanol–water partition coefficient (Wildman–Crippen LogP) is 13.9. The summed E-state index contributed by atoms with van der Waals surface area (Å²) in [5.74, 6) is -2.96. The van der Waals surface area contributed by atoms with E-state index in [1.54, 1.807) is 18.2 Å². The SMILES string of the molecule is O=C(Nc1ccccc1O[P+](O)(Oc1ccccc1NC(=O)c1ccc(Cl)c(S(=O)(=O)C2CCCCC2)c1)Oc1ccccc1NC(=O)c1ccc(Cl)c(S(=O)(=O)C2CCCCC2)c1)c1ccc(Cl)c(S(=O)(=O)C2CCCCC2)c1. The summed E-state index contributed by atoms with van der Waals surface area (Å²) < 4.78 is 102. The minimum absolute atomic E-state index is 0.0333. The van der Waals surface area contributed by atoms with Crippen LogP contribution in [0.15, 0.2) is 142 Å². The zero-order valence-electron chi connectivity index (χ0n) is 43.1. The van der Waals surface area contributed by atoms with Crippen LogP contribution in [0.25, 0.3) is 0 Å². The zero-order chi connectivity index (χ0) is 56.8. The zero-order valence-corrected chi connectivity index (χ0v) is 48.7. The number of carbonyl (C=O) groups excluding carboxylic acids is 3. The molecule has 6 aromatic carbocycles. The highest BCUT2D eigenvalue weighted by Crippen LogP contribution is 2.60. The van der Waals surface area contributed by atoms with E-state index in [1.165, 1.54) is 109 Å².